The van der Waals surface area contributed by atoms with Crippen LogP contribution >= 0.6 is 0 Å². The minimum atomic E-state index is -0.938. The van der Waals surface area contributed by atoms with Crippen LogP contribution in [-0.4, -0.2) is 36.0 Å². The lowest BCUT2D eigenvalue weighted by Gasteiger charge is -2.30. The summed E-state index contributed by atoms with van der Waals surface area (Å²) in [7, 11) is 0.775. The molecule has 0 bridgehead atoms. The van der Waals surface area contributed by atoms with Crippen LogP contribution in [0.4, 0.5) is 0 Å². The highest BCUT2D eigenvalue weighted by molar-refractivity contribution is 7.83. The van der Waals surface area contributed by atoms with Gasteiger partial charge >= 0.3 is 0 Å². The van der Waals surface area contributed by atoms with Gasteiger partial charge in [0.05, 0.1) is 30.0 Å². The van der Waals surface area contributed by atoms with Gasteiger partial charge in [0.25, 0.3) is 0 Å². The van der Waals surface area contributed by atoms with Crippen molar-refractivity contribution in [3.8, 4) is 0 Å². The molecule has 0 aromatic heterocycles. The summed E-state index contributed by atoms with van der Waals surface area (Å²) in [5.74, 6) is 0.261. The average Bonchev–Trinajstić information content (AvgIpc) is 2.70. The minimum Gasteiger partial charge on any atom is -0.347 e. The Labute approximate surface area is 92.6 Å². The Morgan fingerprint density at radius 3 is 2.80 bits per heavy atom. The van der Waals surface area contributed by atoms with Gasteiger partial charge in [-0.05, 0) is 13.5 Å². The molecule has 1 heterocycles. The summed E-state index contributed by atoms with van der Waals surface area (Å²) in [6.07, 6.45) is 4.72. The predicted molar refractivity (Wildman–Crippen MR) is 58.6 cm³/mol. The molecule has 1 aliphatic carbocycles. The number of nitrogens with one attached hydrogen (secondary N) is 1. The zero-order chi connectivity index (χ0) is 10.7. The fraction of sp³-hybridized carbons (Fsp3) is 0.800. The van der Waals surface area contributed by atoms with Crippen LogP contribution in [0.5, 0.6) is 0 Å². The molecule has 2 aliphatic rings. The molecule has 0 aromatic rings. The third-order valence-electron chi connectivity index (χ3n) is 2.89. The summed E-state index contributed by atoms with van der Waals surface area (Å²) in [6, 6.07) is 0. The van der Waals surface area contributed by atoms with E-state index in [0.29, 0.717) is 19.0 Å². The monoisotopic (exact) mass is 231 g/mol. The second kappa shape index (κ2) is 4.74. The van der Waals surface area contributed by atoms with Crippen molar-refractivity contribution in [2.45, 2.75) is 25.0 Å². The molecule has 1 fully saturated rings. The van der Waals surface area contributed by atoms with Gasteiger partial charge < -0.3 is 9.47 Å². The summed E-state index contributed by atoms with van der Waals surface area (Å²) in [6.45, 7) is 1.40. The van der Waals surface area contributed by atoms with Gasteiger partial charge in [0.2, 0.25) is 0 Å². The van der Waals surface area contributed by atoms with Gasteiger partial charge in [0.15, 0.2) is 5.79 Å². The fourth-order valence-corrected chi connectivity index (χ4v) is 2.73. The van der Waals surface area contributed by atoms with E-state index >= 15 is 0 Å². The maximum absolute atomic E-state index is 11.3. The van der Waals surface area contributed by atoms with Crippen molar-refractivity contribution in [1.82, 2.24) is 4.72 Å². The van der Waals surface area contributed by atoms with Crippen LogP contribution in [0.1, 0.15) is 19.3 Å². The first kappa shape index (κ1) is 11.3. The lowest BCUT2D eigenvalue weighted by molar-refractivity contribution is -0.161. The van der Waals surface area contributed by atoms with Crippen molar-refractivity contribution in [2.75, 3.05) is 26.0 Å². The molecule has 86 valence electrons. The predicted octanol–water partition coefficient (Wildman–Crippen LogP) is 0.723. The van der Waals surface area contributed by atoms with E-state index in [1.54, 1.807) is 7.05 Å². The van der Waals surface area contributed by atoms with Gasteiger partial charge in [-0.3, -0.25) is 0 Å². The average molecular weight is 231 g/mol. The van der Waals surface area contributed by atoms with Gasteiger partial charge in [-0.1, -0.05) is 11.6 Å². The number of hydrogen-bond donors (Lipinski definition) is 1. The summed E-state index contributed by atoms with van der Waals surface area (Å²) in [4.78, 5) is 0. The standard InChI is InChI=1S/C10H17NO3S/c1-11-15(12)8-9-2-4-10(5-3-9)13-6-7-14-10/h2,11H,3-8H2,1H3. The first-order valence-electron chi connectivity index (χ1n) is 5.26. The Balaban J connectivity index is 1.91. The van der Waals surface area contributed by atoms with E-state index < -0.39 is 11.0 Å². The molecule has 1 aliphatic heterocycles. The Hall–Kier alpha value is -0.230. The van der Waals surface area contributed by atoms with Crippen molar-refractivity contribution in [3.63, 3.8) is 0 Å². The smallest absolute Gasteiger partial charge is 0.172 e. The minimum absolute atomic E-state index is 0.357. The van der Waals surface area contributed by atoms with Gasteiger partial charge in [-0.15, -0.1) is 0 Å². The van der Waals surface area contributed by atoms with Crippen molar-refractivity contribution < 1.29 is 13.7 Å². The molecule has 1 saturated heterocycles. The SMILES string of the molecule is CNS(=O)CC1=CCC2(CC1)OCCO2. The van der Waals surface area contributed by atoms with Crippen LogP contribution in [0.2, 0.25) is 0 Å². The summed E-state index contributed by atoms with van der Waals surface area (Å²) in [5, 5.41) is 0. The summed E-state index contributed by atoms with van der Waals surface area (Å²) >= 11 is 0. The summed E-state index contributed by atoms with van der Waals surface area (Å²) in [5.41, 5.74) is 1.24. The molecular formula is C10H17NO3S. The normalized spacial score (nSPS) is 26.6. The van der Waals surface area contributed by atoms with E-state index in [2.05, 4.69) is 10.8 Å². The third kappa shape index (κ3) is 2.66. The van der Waals surface area contributed by atoms with E-state index in [1.165, 1.54) is 5.57 Å². The Morgan fingerprint density at radius 1 is 1.53 bits per heavy atom. The highest BCUT2D eigenvalue weighted by Gasteiger charge is 2.37. The molecule has 2 rings (SSSR count). The summed E-state index contributed by atoms with van der Waals surface area (Å²) < 4.78 is 25.2. The highest BCUT2D eigenvalue weighted by Crippen LogP contribution is 2.34. The quantitative estimate of drug-likeness (QED) is 0.728. The molecule has 4 nitrogen and oxygen atoms in total. The Kier molecular flexibility index (Phi) is 3.56. The third-order valence-corrected chi connectivity index (χ3v) is 3.97. The lowest BCUT2D eigenvalue weighted by Crippen LogP contribution is -2.32. The molecular weight excluding hydrogens is 214 g/mol. The van der Waals surface area contributed by atoms with E-state index in [0.717, 1.165) is 19.3 Å². The molecule has 0 aromatic carbocycles. The Bertz CT molecular complexity index is 284. The van der Waals surface area contributed by atoms with E-state index in [4.69, 9.17) is 9.47 Å². The van der Waals surface area contributed by atoms with Crippen LogP contribution in [0.15, 0.2) is 11.6 Å². The van der Waals surface area contributed by atoms with E-state index in [-0.39, 0.29) is 5.79 Å². The lowest BCUT2D eigenvalue weighted by atomic mass is 9.95. The molecule has 0 saturated carbocycles. The molecule has 15 heavy (non-hydrogen) atoms. The molecule has 1 atom stereocenters. The number of rotatable bonds is 3. The molecule has 0 radical (unpaired) electrons. The second-order valence-electron chi connectivity index (χ2n) is 3.87. The maximum atomic E-state index is 11.3. The Morgan fingerprint density at radius 2 is 2.27 bits per heavy atom. The molecule has 1 spiro atoms. The van der Waals surface area contributed by atoms with Crippen LogP contribution < -0.4 is 4.72 Å². The maximum Gasteiger partial charge on any atom is 0.172 e. The van der Waals surface area contributed by atoms with Crippen molar-refractivity contribution in [1.29, 1.82) is 0 Å². The molecule has 0 amide bonds. The molecule has 1 N–H and O–H groups in total. The van der Waals surface area contributed by atoms with Gasteiger partial charge in [-0.2, -0.15) is 0 Å². The van der Waals surface area contributed by atoms with Crippen LogP contribution in [0.3, 0.4) is 0 Å². The van der Waals surface area contributed by atoms with Crippen molar-refractivity contribution >= 4 is 11.0 Å². The molecule has 5 heteroatoms. The van der Waals surface area contributed by atoms with Crippen LogP contribution in [-0.2, 0) is 20.5 Å². The first-order valence-corrected chi connectivity index (χ1v) is 6.58. The van der Waals surface area contributed by atoms with Gasteiger partial charge in [0, 0.05) is 12.8 Å². The first-order chi connectivity index (χ1) is 7.24. The number of hydrogen-bond acceptors (Lipinski definition) is 3. The zero-order valence-electron chi connectivity index (χ0n) is 8.95. The van der Waals surface area contributed by atoms with E-state index in [1.807, 2.05) is 0 Å². The zero-order valence-corrected chi connectivity index (χ0v) is 9.77. The topological polar surface area (TPSA) is 47.6 Å². The van der Waals surface area contributed by atoms with E-state index in [9.17, 15) is 4.21 Å². The largest absolute Gasteiger partial charge is 0.347 e. The van der Waals surface area contributed by atoms with Crippen LogP contribution in [0, 0.1) is 0 Å². The fourth-order valence-electron chi connectivity index (χ4n) is 1.99. The second-order valence-corrected chi connectivity index (χ2v) is 5.26. The van der Waals surface area contributed by atoms with Crippen molar-refractivity contribution in [3.05, 3.63) is 11.6 Å². The molecule has 1 unspecified atom stereocenters. The van der Waals surface area contributed by atoms with Gasteiger partial charge in [0.1, 0.15) is 0 Å². The number of ether oxygens (including phenoxy) is 2. The van der Waals surface area contributed by atoms with Gasteiger partial charge in [-0.25, -0.2) is 8.93 Å². The van der Waals surface area contributed by atoms with Crippen LogP contribution in [0.25, 0.3) is 0 Å². The highest BCUT2D eigenvalue weighted by atomic mass is 32.2. The van der Waals surface area contributed by atoms with Crippen molar-refractivity contribution in [2.24, 2.45) is 0 Å².